The SMILES string of the molecule is Cc1ccc(/C=C/C(=O)NNC(=O)COc2ccc(Cl)cc2)o1. The summed E-state index contributed by atoms with van der Waals surface area (Å²) in [6.45, 7) is 1.57. The predicted octanol–water partition coefficient (Wildman–Crippen LogP) is 2.48. The highest BCUT2D eigenvalue weighted by Gasteiger charge is 2.04. The number of rotatable bonds is 5. The van der Waals surface area contributed by atoms with E-state index in [9.17, 15) is 9.59 Å². The first-order valence-corrected chi connectivity index (χ1v) is 7.12. The number of halogens is 1. The third-order valence-electron chi connectivity index (χ3n) is 2.67. The standard InChI is InChI=1S/C16H15ClN2O4/c1-11-2-5-14(23-11)8-9-15(20)18-19-16(21)10-22-13-6-3-12(17)4-7-13/h2-9H,10H2,1H3,(H,18,20)(H,19,21)/b9-8+. The van der Waals surface area contributed by atoms with Gasteiger partial charge in [0.25, 0.3) is 11.8 Å². The van der Waals surface area contributed by atoms with Crippen LogP contribution < -0.4 is 15.6 Å². The summed E-state index contributed by atoms with van der Waals surface area (Å²) >= 11 is 5.74. The number of furan rings is 1. The van der Waals surface area contributed by atoms with Crippen molar-refractivity contribution in [3.63, 3.8) is 0 Å². The first-order valence-electron chi connectivity index (χ1n) is 6.74. The van der Waals surface area contributed by atoms with Crippen molar-refractivity contribution >= 4 is 29.5 Å². The van der Waals surface area contributed by atoms with Crippen LogP contribution in [0.15, 0.2) is 46.9 Å². The van der Waals surface area contributed by atoms with Gasteiger partial charge < -0.3 is 9.15 Å². The van der Waals surface area contributed by atoms with E-state index in [2.05, 4.69) is 10.9 Å². The number of hydrogen-bond donors (Lipinski definition) is 2. The number of benzene rings is 1. The lowest BCUT2D eigenvalue weighted by atomic mass is 10.3. The number of nitrogens with one attached hydrogen (secondary N) is 2. The van der Waals surface area contributed by atoms with Crippen LogP contribution in [0.25, 0.3) is 6.08 Å². The molecule has 0 spiro atoms. The minimum atomic E-state index is -0.490. The van der Waals surface area contributed by atoms with E-state index in [4.69, 9.17) is 20.8 Å². The van der Waals surface area contributed by atoms with Gasteiger partial charge in [-0.3, -0.25) is 20.4 Å². The van der Waals surface area contributed by atoms with Gasteiger partial charge in [-0.1, -0.05) is 11.6 Å². The van der Waals surface area contributed by atoms with Gasteiger partial charge in [0, 0.05) is 11.1 Å². The summed E-state index contributed by atoms with van der Waals surface area (Å²) in [5.74, 6) is 0.825. The van der Waals surface area contributed by atoms with Crippen molar-refractivity contribution in [2.45, 2.75) is 6.92 Å². The van der Waals surface area contributed by atoms with E-state index in [1.807, 2.05) is 0 Å². The molecule has 23 heavy (non-hydrogen) atoms. The molecule has 1 heterocycles. The highest BCUT2D eigenvalue weighted by atomic mass is 35.5. The molecule has 0 aliphatic heterocycles. The minimum Gasteiger partial charge on any atom is -0.484 e. The molecular weight excluding hydrogens is 320 g/mol. The van der Waals surface area contributed by atoms with Crippen LogP contribution >= 0.6 is 11.6 Å². The molecule has 120 valence electrons. The Labute approximate surface area is 138 Å². The van der Waals surface area contributed by atoms with Gasteiger partial charge in [-0.15, -0.1) is 0 Å². The van der Waals surface area contributed by atoms with Crippen molar-refractivity contribution in [1.82, 2.24) is 10.9 Å². The highest BCUT2D eigenvalue weighted by molar-refractivity contribution is 6.30. The molecule has 0 saturated heterocycles. The van der Waals surface area contributed by atoms with Crippen molar-refractivity contribution in [2.75, 3.05) is 6.61 Å². The van der Waals surface area contributed by atoms with E-state index >= 15 is 0 Å². The quantitative estimate of drug-likeness (QED) is 0.650. The Morgan fingerprint density at radius 1 is 1.17 bits per heavy atom. The molecule has 0 fully saturated rings. The van der Waals surface area contributed by atoms with Crippen LogP contribution in [0.4, 0.5) is 0 Å². The minimum absolute atomic E-state index is 0.233. The number of carbonyl (C=O) groups excluding carboxylic acids is 2. The van der Waals surface area contributed by atoms with Crippen LogP contribution in [0, 0.1) is 6.92 Å². The molecule has 0 saturated carbocycles. The number of ether oxygens (including phenoxy) is 1. The molecule has 0 bridgehead atoms. The third-order valence-corrected chi connectivity index (χ3v) is 2.92. The van der Waals surface area contributed by atoms with Crippen LogP contribution in [-0.4, -0.2) is 18.4 Å². The molecule has 1 aromatic heterocycles. The molecule has 2 amide bonds. The molecule has 0 unspecified atom stereocenters. The maximum Gasteiger partial charge on any atom is 0.276 e. The van der Waals surface area contributed by atoms with Gasteiger partial charge >= 0.3 is 0 Å². The van der Waals surface area contributed by atoms with Crippen molar-refractivity contribution in [1.29, 1.82) is 0 Å². The fourth-order valence-corrected chi connectivity index (χ4v) is 1.72. The summed E-state index contributed by atoms with van der Waals surface area (Å²) in [6, 6.07) is 10.1. The zero-order chi connectivity index (χ0) is 16.7. The second kappa shape index (κ2) is 8.05. The Hall–Kier alpha value is -2.73. The Morgan fingerprint density at radius 2 is 1.91 bits per heavy atom. The Kier molecular flexibility index (Phi) is 5.82. The molecule has 6 nitrogen and oxygen atoms in total. The van der Waals surface area contributed by atoms with Gasteiger partial charge in [-0.2, -0.15) is 0 Å². The lowest BCUT2D eigenvalue weighted by Gasteiger charge is -2.07. The molecule has 0 aliphatic rings. The van der Waals surface area contributed by atoms with Crippen LogP contribution in [0.3, 0.4) is 0 Å². The number of hydrogen-bond acceptors (Lipinski definition) is 4. The van der Waals surface area contributed by atoms with Gasteiger partial charge in [0.05, 0.1) is 0 Å². The normalized spacial score (nSPS) is 10.5. The zero-order valence-corrected chi connectivity index (χ0v) is 13.1. The van der Waals surface area contributed by atoms with Crippen molar-refractivity contribution in [2.24, 2.45) is 0 Å². The summed E-state index contributed by atoms with van der Waals surface area (Å²) in [5.41, 5.74) is 4.47. The van der Waals surface area contributed by atoms with E-state index in [0.29, 0.717) is 16.5 Å². The largest absolute Gasteiger partial charge is 0.484 e. The smallest absolute Gasteiger partial charge is 0.276 e. The van der Waals surface area contributed by atoms with E-state index in [1.54, 1.807) is 43.3 Å². The topological polar surface area (TPSA) is 80.6 Å². The number of hydrazine groups is 1. The van der Waals surface area contributed by atoms with E-state index in [1.165, 1.54) is 12.2 Å². The first kappa shape index (κ1) is 16.6. The number of amides is 2. The third kappa shape index (κ3) is 5.88. The second-order valence-electron chi connectivity index (χ2n) is 4.56. The lowest BCUT2D eigenvalue weighted by molar-refractivity contribution is -0.128. The summed E-state index contributed by atoms with van der Waals surface area (Å²) in [4.78, 5) is 23.1. The average molecular weight is 335 g/mol. The van der Waals surface area contributed by atoms with E-state index in [-0.39, 0.29) is 6.61 Å². The maximum atomic E-state index is 11.5. The molecule has 0 aliphatic carbocycles. The van der Waals surface area contributed by atoms with Crippen molar-refractivity contribution in [3.05, 3.63) is 59.0 Å². The monoisotopic (exact) mass is 334 g/mol. The number of aryl methyl sites for hydroxylation is 1. The van der Waals surface area contributed by atoms with Crippen molar-refractivity contribution < 1.29 is 18.7 Å². The second-order valence-corrected chi connectivity index (χ2v) is 5.00. The molecule has 7 heteroatoms. The first-order chi connectivity index (χ1) is 11.0. The highest BCUT2D eigenvalue weighted by Crippen LogP contribution is 2.15. The summed E-state index contributed by atoms with van der Waals surface area (Å²) < 4.78 is 10.5. The summed E-state index contributed by atoms with van der Waals surface area (Å²) in [5, 5.41) is 0.576. The average Bonchev–Trinajstić information content (AvgIpc) is 2.96. The lowest BCUT2D eigenvalue weighted by Crippen LogP contribution is -2.43. The molecular formula is C16H15ClN2O4. The fourth-order valence-electron chi connectivity index (χ4n) is 1.59. The van der Waals surface area contributed by atoms with Crippen LogP contribution in [0.5, 0.6) is 5.75 Å². The van der Waals surface area contributed by atoms with Crippen LogP contribution in [0.2, 0.25) is 5.02 Å². The van der Waals surface area contributed by atoms with E-state index < -0.39 is 11.8 Å². The molecule has 0 atom stereocenters. The Balaban J connectivity index is 1.70. The molecule has 2 N–H and O–H groups in total. The van der Waals surface area contributed by atoms with Crippen LogP contribution in [-0.2, 0) is 9.59 Å². The van der Waals surface area contributed by atoms with E-state index in [0.717, 1.165) is 5.76 Å². The van der Waals surface area contributed by atoms with Crippen molar-refractivity contribution in [3.8, 4) is 5.75 Å². The Bertz CT molecular complexity index is 707. The van der Waals surface area contributed by atoms with Gasteiger partial charge in [0.15, 0.2) is 6.61 Å². The fraction of sp³-hybridized carbons (Fsp3) is 0.125. The zero-order valence-electron chi connectivity index (χ0n) is 12.3. The Morgan fingerprint density at radius 3 is 2.57 bits per heavy atom. The van der Waals surface area contributed by atoms with Crippen LogP contribution in [0.1, 0.15) is 11.5 Å². The molecule has 2 rings (SSSR count). The molecule has 1 aromatic carbocycles. The van der Waals surface area contributed by atoms with Gasteiger partial charge in [-0.25, -0.2) is 0 Å². The predicted molar refractivity (Wildman–Crippen MR) is 85.7 cm³/mol. The molecule has 2 aromatic rings. The van der Waals surface area contributed by atoms with Gasteiger partial charge in [0.1, 0.15) is 17.3 Å². The number of carbonyl (C=O) groups is 2. The van der Waals surface area contributed by atoms with Gasteiger partial charge in [0.2, 0.25) is 0 Å². The summed E-state index contributed by atoms with van der Waals surface area (Å²) in [7, 11) is 0. The van der Waals surface area contributed by atoms with Gasteiger partial charge in [-0.05, 0) is 49.4 Å². The summed E-state index contributed by atoms with van der Waals surface area (Å²) in [6.07, 6.45) is 2.75. The molecule has 0 radical (unpaired) electrons. The maximum absolute atomic E-state index is 11.5.